The molecule has 210 valence electrons. The Hall–Kier alpha value is -4.69. The van der Waals surface area contributed by atoms with E-state index in [0.29, 0.717) is 32.9 Å². The van der Waals surface area contributed by atoms with Gasteiger partial charge in [-0.3, -0.25) is 9.59 Å². The van der Waals surface area contributed by atoms with Crippen LogP contribution in [0.5, 0.6) is 5.75 Å². The molecule has 0 radical (unpaired) electrons. The maximum atomic E-state index is 14.8. The van der Waals surface area contributed by atoms with Crippen molar-refractivity contribution in [2.75, 3.05) is 0 Å². The molecule has 0 amide bonds. The van der Waals surface area contributed by atoms with Gasteiger partial charge in [-0.1, -0.05) is 78.3 Å². The Labute approximate surface area is 245 Å². The number of rotatable bonds is 3. The maximum absolute atomic E-state index is 14.8. The van der Waals surface area contributed by atoms with Crippen LogP contribution in [0.1, 0.15) is 35.1 Å². The molecule has 3 aliphatic rings. The van der Waals surface area contributed by atoms with E-state index in [-0.39, 0.29) is 30.3 Å². The van der Waals surface area contributed by atoms with E-state index in [0.717, 1.165) is 4.57 Å². The molecule has 42 heavy (non-hydrogen) atoms. The Kier molecular flexibility index (Phi) is 5.88. The summed E-state index contributed by atoms with van der Waals surface area (Å²) >= 11 is 6.48. The normalized spacial score (nSPS) is 24.8. The summed E-state index contributed by atoms with van der Waals surface area (Å²) in [6.07, 6.45) is 3.40. The van der Waals surface area contributed by atoms with Crippen molar-refractivity contribution in [1.82, 2.24) is 13.9 Å². The van der Waals surface area contributed by atoms with Crippen LogP contribution in [0, 0.1) is 5.92 Å². The molecule has 0 bridgehead atoms. The van der Waals surface area contributed by atoms with Gasteiger partial charge < -0.3 is 5.11 Å². The van der Waals surface area contributed by atoms with Crippen molar-refractivity contribution in [3.63, 3.8) is 0 Å². The summed E-state index contributed by atoms with van der Waals surface area (Å²) in [6, 6.07) is 22.2. The van der Waals surface area contributed by atoms with Gasteiger partial charge in [0.2, 0.25) is 0 Å². The number of nitrogens with zero attached hydrogens (tertiary/aromatic N) is 3. The van der Waals surface area contributed by atoms with Crippen LogP contribution in [0.4, 0.5) is 0 Å². The fourth-order valence-corrected chi connectivity index (χ4v) is 7.53. The Balaban J connectivity index is 1.58. The topological polar surface area (TPSA) is 103 Å². The molecule has 7 rings (SSSR count). The van der Waals surface area contributed by atoms with Gasteiger partial charge in [0.15, 0.2) is 11.6 Å². The highest BCUT2D eigenvalue weighted by Gasteiger charge is 2.63. The average molecular weight is 580 g/mol. The summed E-state index contributed by atoms with van der Waals surface area (Å²) < 4.78 is 3.81. The summed E-state index contributed by atoms with van der Waals surface area (Å²) in [7, 11) is 1.42. The largest absolute Gasteiger partial charge is 0.508 e. The standard InChI is InChI=1S/C33H26ClN3O5/c1-35-31(41)36-15-14-22-26(37(36)32(35)42)18-25-30(40)23(19-8-4-2-5-9-19)17-28(39)33(25,20-10-6-3-7-11-20)29(22)24-16-21(34)12-13-27(24)38/h2-14,16-17,25-26,29,38H,15,18H2,1H3/t25-,26+,29+,33-/m0/s1. The first-order chi connectivity index (χ1) is 20.2. The van der Waals surface area contributed by atoms with E-state index >= 15 is 0 Å². The average Bonchev–Trinajstić information content (AvgIpc) is 3.23. The van der Waals surface area contributed by atoms with Gasteiger partial charge in [0, 0.05) is 35.0 Å². The first-order valence-corrected chi connectivity index (χ1v) is 14.1. The van der Waals surface area contributed by atoms with Crippen LogP contribution in [0.2, 0.25) is 5.02 Å². The number of carbonyl (C=O) groups excluding carboxylic acids is 2. The molecule has 1 fully saturated rings. The number of phenolic OH excluding ortho intramolecular Hbond substituents is 1. The van der Waals surface area contributed by atoms with Crippen molar-refractivity contribution in [2.24, 2.45) is 13.0 Å². The highest BCUT2D eigenvalue weighted by molar-refractivity contribution is 6.32. The third kappa shape index (κ3) is 3.48. The highest BCUT2D eigenvalue weighted by atomic mass is 35.5. The molecule has 2 aliphatic carbocycles. The van der Waals surface area contributed by atoms with E-state index in [9.17, 15) is 24.3 Å². The lowest BCUT2D eigenvalue weighted by Gasteiger charge is -2.54. The second-order valence-corrected chi connectivity index (χ2v) is 11.5. The fraction of sp³-hybridized carbons (Fsp3) is 0.212. The lowest BCUT2D eigenvalue weighted by atomic mass is 9.47. The number of aromatic hydroxyl groups is 1. The van der Waals surface area contributed by atoms with Crippen molar-refractivity contribution in [3.05, 3.63) is 139 Å². The van der Waals surface area contributed by atoms with Gasteiger partial charge in [-0.25, -0.2) is 23.5 Å². The molecule has 4 atom stereocenters. The van der Waals surface area contributed by atoms with Gasteiger partial charge in [-0.15, -0.1) is 0 Å². The Morgan fingerprint density at radius 2 is 1.60 bits per heavy atom. The van der Waals surface area contributed by atoms with Crippen molar-refractivity contribution in [1.29, 1.82) is 0 Å². The minimum absolute atomic E-state index is 0.0820. The number of allylic oxidation sites excluding steroid dienone is 4. The predicted octanol–water partition coefficient (Wildman–Crippen LogP) is 4.17. The van der Waals surface area contributed by atoms with Gasteiger partial charge >= 0.3 is 11.4 Å². The summed E-state index contributed by atoms with van der Waals surface area (Å²) in [4.78, 5) is 55.9. The van der Waals surface area contributed by atoms with E-state index in [4.69, 9.17) is 11.6 Å². The molecular formula is C33H26ClN3O5. The van der Waals surface area contributed by atoms with Crippen molar-refractivity contribution in [3.8, 4) is 5.75 Å². The minimum Gasteiger partial charge on any atom is -0.508 e. The first kappa shape index (κ1) is 26.2. The molecule has 0 saturated heterocycles. The molecule has 2 heterocycles. The Bertz CT molecular complexity index is 1970. The number of hydrogen-bond donors (Lipinski definition) is 1. The fourth-order valence-electron chi connectivity index (χ4n) is 7.35. The van der Waals surface area contributed by atoms with Gasteiger partial charge in [-0.2, -0.15) is 0 Å². The molecule has 3 aromatic carbocycles. The number of aromatic nitrogens is 3. The van der Waals surface area contributed by atoms with Crippen LogP contribution in [0.25, 0.3) is 5.57 Å². The number of carbonyl (C=O) groups is 2. The summed E-state index contributed by atoms with van der Waals surface area (Å²) in [5, 5.41) is 11.6. The third-order valence-corrected chi connectivity index (χ3v) is 9.36. The lowest BCUT2D eigenvalue weighted by molar-refractivity contribution is -0.133. The molecular weight excluding hydrogens is 554 g/mol. The third-order valence-electron chi connectivity index (χ3n) is 9.13. The van der Waals surface area contributed by atoms with E-state index in [1.165, 1.54) is 28.6 Å². The van der Waals surface area contributed by atoms with E-state index in [2.05, 4.69) is 0 Å². The zero-order valence-corrected chi connectivity index (χ0v) is 23.4. The SMILES string of the molecule is Cn1c(=O)n2n(c1=O)[C@@H]1C[C@H]3C(=O)C(c4ccccc4)=CC(=O)[C@@]3(c3ccccc3)[C@@H](c3cc(Cl)ccc3O)C1=CC2. The summed E-state index contributed by atoms with van der Waals surface area (Å²) in [6.45, 7) is 0.0986. The number of halogens is 1. The van der Waals surface area contributed by atoms with Crippen LogP contribution in [0.3, 0.4) is 0 Å². The predicted molar refractivity (Wildman–Crippen MR) is 158 cm³/mol. The van der Waals surface area contributed by atoms with Crippen LogP contribution >= 0.6 is 11.6 Å². The number of ketones is 2. The zero-order valence-electron chi connectivity index (χ0n) is 22.6. The molecule has 8 nitrogen and oxygen atoms in total. The van der Waals surface area contributed by atoms with Crippen molar-refractivity contribution in [2.45, 2.75) is 30.3 Å². The quantitative estimate of drug-likeness (QED) is 0.367. The summed E-state index contributed by atoms with van der Waals surface area (Å²) in [5.41, 5.74) is 0.193. The minimum atomic E-state index is -1.44. The molecule has 1 aromatic heterocycles. The van der Waals surface area contributed by atoms with Crippen LogP contribution < -0.4 is 11.4 Å². The zero-order chi connectivity index (χ0) is 29.3. The second-order valence-electron chi connectivity index (χ2n) is 11.1. The lowest BCUT2D eigenvalue weighted by Crippen LogP contribution is -2.58. The number of Topliss-reactive ketones (excluding diaryl/α,β-unsaturated/α-hetero) is 1. The van der Waals surface area contributed by atoms with Gasteiger partial charge in [0.1, 0.15) is 5.75 Å². The highest BCUT2D eigenvalue weighted by Crippen LogP contribution is 2.62. The van der Waals surface area contributed by atoms with Crippen LogP contribution in [0.15, 0.2) is 106 Å². The van der Waals surface area contributed by atoms with Crippen LogP contribution in [-0.4, -0.2) is 30.6 Å². The van der Waals surface area contributed by atoms with E-state index in [1.54, 1.807) is 24.3 Å². The number of phenols is 1. The van der Waals surface area contributed by atoms with Crippen molar-refractivity contribution < 1.29 is 14.7 Å². The second kappa shape index (κ2) is 9.42. The molecule has 1 aliphatic heterocycles. The monoisotopic (exact) mass is 579 g/mol. The number of fused-ring (bicyclic) bond motifs is 4. The van der Waals surface area contributed by atoms with Gasteiger partial charge in [-0.05, 0) is 47.4 Å². The Morgan fingerprint density at radius 3 is 2.31 bits per heavy atom. The smallest absolute Gasteiger partial charge is 0.347 e. The van der Waals surface area contributed by atoms with Gasteiger partial charge in [0.25, 0.3) is 0 Å². The number of benzene rings is 3. The Morgan fingerprint density at radius 1 is 0.905 bits per heavy atom. The molecule has 1 N–H and O–H groups in total. The molecule has 0 spiro atoms. The maximum Gasteiger partial charge on any atom is 0.347 e. The summed E-state index contributed by atoms with van der Waals surface area (Å²) in [5.74, 6) is -2.38. The molecule has 4 aromatic rings. The molecule has 1 saturated carbocycles. The number of hydrogen-bond acceptors (Lipinski definition) is 5. The van der Waals surface area contributed by atoms with Gasteiger partial charge in [0.05, 0.1) is 18.0 Å². The van der Waals surface area contributed by atoms with Crippen LogP contribution in [-0.2, 0) is 28.6 Å². The molecule has 0 unspecified atom stereocenters. The molecule has 9 heteroatoms. The van der Waals surface area contributed by atoms with Crippen molar-refractivity contribution >= 4 is 28.7 Å². The van der Waals surface area contributed by atoms with E-state index < -0.39 is 34.7 Å². The van der Waals surface area contributed by atoms with E-state index in [1.807, 2.05) is 54.6 Å². The first-order valence-electron chi connectivity index (χ1n) is 13.7.